The van der Waals surface area contributed by atoms with Gasteiger partial charge in [-0.15, -0.1) is 0 Å². The van der Waals surface area contributed by atoms with E-state index in [9.17, 15) is 18.0 Å². The Morgan fingerprint density at radius 3 is 2.06 bits per heavy atom. The summed E-state index contributed by atoms with van der Waals surface area (Å²) in [5.41, 5.74) is 2.97. The molecule has 1 fully saturated rings. The first-order chi connectivity index (χ1) is 16.5. The number of halogens is 1. The second-order valence-electron chi connectivity index (χ2n) is 8.69. The van der Waals surface area contributed by atoms with Crippen LogP contribution in [0.1, 0.15) is 29.2 Å². The first kappa shape index (κ1) is 27.0. The van der Waals surface area contributed by atoms with Gasteiger partial charge in [0.25, 0.3) is 0 Å². The molecule has 1 aliphatic rings. The van der Waals surface area contributed by atoms with Crippen LogP contribution < -0.4 is 0 Å². The van der Waals surface area contributed by atoms with Gasteiger partial charge >= 0.3 is 6.09 Å². The quantitative estimate of drug-likeness (QED) is 0.553. The first-order valence-corrected chi connectivity index (χ1v) is 13.4. The van der Waals surface area contributed by atoms with Crippen molar-refractivity contribution < 1.29 is 22.7 Å². The minimum atomic E-state index is -3.98. The molecule has 0 spiro atoms. The smallest absolute Gasteiger partial charge is 0.409 e. The Labute approximate surface area is 212 Å². The number of piperazine rings is 1. The lowest BCUT2D eigenvalue weighted by Gasteiger charge is -2.35. The predicted octanol–water partition coefficient (Wildman–Crippen LogP) is 3.76. The maximum Gasteiger partial charge on any atom is 0.409 e. The summed E-state index contributed by atoms with van der Waals surface area (Å²) in [5, 5.41) is 0.545. The molecule has 35 heavy (non-hydrogen) atoms. The van der Waals surface area contributed by atoms with Crippen LogP contribution in [0.2, 0.25) is 5.02 Å². The van der Waals surface area contributed by atoms with E-state index >= 15 is 0 Å². The van der Waals surface area contributed by atoms with Crippen molar-refractivity contribution in [2.24, 2.45) is 0 Å². The Morgan fingerprint density at radius 1 is 0.971 bits per heavy atom. The number of ether oxygens (including phenoxy) is 1. The number of carbonyl (C=O) groups excluding carboxylic acids is 2. The third-order valence-corrected chi connectivity index (χ3v) is 8.29. The monoisotopic (exact) mass is 521 g/mol. The molecule has 0 aromatic heterocycles. The van der Waals surface area contributed by atoms with Gasteiger partial charge in [0.15, 0.2) is 0 Å². The molecule has 1 aliphatic heterocycles. The second kappa shape index (κ2) is 11.4. The fraction of sp³-hybridized carbons (Fsp3) is 0.440. The van der Waals surface area contributed by atoms with E-state index in [-0.39, 0.29) is 30.5 Å². The molecule has 0 radical (unpaired) electrons. The van der Waals surface area contributed by atoms with Gasteiger partial charge in [0.1, 0.15) is 0 Å². The molecule has 8 nitrogen and oxygen atoms in total. The van der Waals surface area contributed by atoms with Crippen LogP contribution in [-0.2, 0) is 26.1 Å². The molecule has 2 amide bonds. The van der Waals surface area contributed by atoms with Crippen LogP contribution in [0.3, 0.4) is 0 Å². The summed E-state index contributed by atoms with van der Waals surface area (Å²) >= 11 is 6.00. The molecular formula is C25H32ClN3O5S. The topological polar surface area (TPSA) is 87.2 Å². The van der Waals surface area contributed by atoms with E-state index in [0.717, 1.165) is 11.1 Å². The van der Waals surface area contributed by atoms with E-state index in [4.69, 9.17) is 16.3 Å². The maximum atomic E-state index is 13.8. The summed E-state index contributed by atoms with van der Waals surface area (Å²) in [4.78, 5) is 28.5. The van der Waals surface area contributed by atoms with Crippen LogP contribution in [0.5, 0.6) is 0 Å². The van der Waals surface area contributed by atoms with Gasteiger partial charge in [-0.3, -0.25) is 4.79 Å². The highest BCUT2D eigenvalue weighted by Crippen LogP contribution is 2.27. The highest BCUT2D eigenvalue weighted by molar-refractivity contribution is 7.89. The van der Waals surface area contributed by atoms with Crippen LogP contribution in [0.15, 0.2) is 41.3 Å². The normalized spacial score (nSPS) is 14.3. The molecule has 2 aromatic carbocycles. The van der Waals surface area contributed by atoms with Crippen molar-refractivity contribution >= 4 is 33.6 Å². The average molecular weight is 522 g/mol. The Hall–Kier alpha value is -2.62. The largest absolute Gasteiger partial charge is 0.450 e. The van der Waals surface area contributed by atoms with E-state index in [2.05, 4.69) is 0 Å². The molecule has 0 saturated carbocycles. The minimum absolute atomic E-state index is 0.0286. The van der Waals surface area contributed by atoms with Gasteiger partial charge < -0.3 is 14.5 Å². The van der Waals surface area contributed by atoms with Crippen LogP contribution >= 0.6 is 11.6 Å². The zero-order chi connectivity index (χ0) is 25.8. The van der Waals surface area contributed by atoms with Gasteiger partial charge in [-0.2, -0.15) is 4.31 Å². The van der Waals surface area contributed by atoms with E-state index in [1.54, 1.807) is 54.8 Å². The highest BCUT2D eigenvalue weighted by atomic mass is 35.5. The number of carbonyl (C=O) groups is 2. The van der Waals surface area contributed by atoms with Crippen LogP contribution in [0, 0.1) is 20.8 Å². The molecule has 1 saturated heterocycles. The molecular weight excluding hydrogens is 490 g/mol. The third kappa shape index (κ3) is 6.54. The van der Waals surface area contributed by atoms with Crippen molar-refractivity contribution in [2.75, 3.05) is 39.3 Å². The lowest BCUT2D eigenvalue weighted by atomic mass is 10.1. The minimum Gasteiger partial charge on any atom is -0.450 e. The number of hydrogen-bond acceptors (Lipinski definition) is 5. The van der Waals surface area contributed by atoms with Crippen LogP contribution in [0.25, 0.3) is 0 Å². The molecule has 1 heterocycles. The molecule has 0 bridgehead atoms. The Bertz CT molecular complexity index is 1150. The van der Waals surface area contributed by atoms with Gasteiger partial charge in [-0.1, -0.05) is 41.4 Å². The van der Waals surface area contributed by atoms with E-state index < -0.39 is 16.1 Å². The summed E-state index contributed by atoms with van der Waals surface area (Å²) in [7, 11) is -3.98. The van der Waals surface area contributed by atoms with Crippen molar-refractivity contribution in [3.05, 3.63) is 63.7 Å². The fourth-order valence-electron chi connectivity index (χ4n) is 4.33. The summed E-state index contributed by atoms with van der Waals surface area (Å²) < 4.78 is 33.9. The van der Waals surface area contributed by atoms with Crippen molar-refractivity contribution in [2.45, 2.75) is 39.1 Å². The highest BCUT2D eigenvalue weighted by Gasteiger charge is 2.32. The zero-order valence-electron chi connectivity index (χ0n) is 20.6. The number of hydrogen-bond donors (Lipinski definition) is 0. The number of rotatable bonds is 7. The standard InChI is InChI=1S/C25H32ClN3O5S/c1-5-34-25(31)28-12-10-27(11-13-28)23(30)17-29(16-21-6-8-22(26)9-7-21)35(32,33)24-19(3)14-18(2)15-20(24)4/h6-9,14-15H,5,10-13,16-17H2,1-4H3. The number of sulfonamides is 1. The van der Waals surface area contributed by atoms with Crippen molar-refractivity contribution in [3.63, 3.8) is 0 Å². The molecule has 0 atom stereocenters. The van der Waals surface area contributed by atoms with E-state index in [1.165, 1.54) is 4.31 Å². The predicted molar refractivity (Wildman–Crippen MR) is 135 cm³/mol. The van der Waals surface area contributed by atoms with Gasteiger partial charge in [0, 0.05) is 37.7 Å². The molecule has 190 valence electrons. The molecule has 0 unspecified atom stereocenters. The zero-order valence-corrected chi connectivity index (χ0v) is 22.2. The van der Waals surface area contributed by atoms with E-state index in [0.29, 0.717) is 42.3 Å². The summed E-state index contributed by atoms with van der Waals surface area (Å²) in [6.45, 7) is 8.50. The van der Waals surface area contributed by atoms with Crippen molar-refractivity contribution in [1.82, 2.24) is 14.1 Å². The lowest BCUT2D eigenvalue weighted by Crippen LogP contribution is -2.53. The number of aryl methyl sites for hydroxylation is 3. The molecule has 2 aromatic rings. The first-order valence-electron chi connectivity index (χ1n) is 11.5. The van der Waals surface area contributed by atoms with Gasteiger partial charge in [-0.05, 0) is 56.5 Å². The third-order valence-electron chi connectivity index (χ3n) is 5.94. The average Bonchev–Trinajstić information content (AvgIpc) is 2.79. The van der Waals surface area contributed by atoms with Gasteiger partial charge in [-0.25, -0.2) is 13.2 Å². The van der Waals surface area contributed by atoms with Gasteiger partial charge in [0.05, 0.1) is 18.0 Å². The van der Waals surface area contributed by atoms with Gasteiger partial charge in [0.2, 0.25) is 15.9 Å². The summed E-state index contributed by atoms with van der Waals surface area (Å²) in [6, 6.07) is 10.6. The Balaban J connectivity index is 1.85. The number of benzene rings is 2. The fourth-order valence-corrected chi connectivity index (χ4v) is 6.24. The molecule has 10 heteroatoms. The Kier molecular flexibility index (Phi) is 8.79. The second-order valence-corrected chi connectivity index (χ2v) is 11.0. The molecule has 0 aliphatic carbocycles. The van der Waals surface area contributed by atoms with Crippen molar-refractivity contribution in [3.8, 4) is 0 Å². The summed E-state index contributed by atoms with van der Waals surface area (Å²) in [5.74, 6) is -0.312. The maximum absolute atomic E-state index is 13.8. The SMILES string of the molecule is CCOC(=O)N1CCN(C(=O)CN(Cc2ccc(Cl)cc2)S(=O)(=O)c2c(C)cc(C)cc2C)CC1. The van der Waals surface area contributed by atoms with Crippen LogP contribution in [-0.4, -0.2) is 73.9 Å². The lowest BCUT2D eigenvalue weighted by molar-refractivity contribution is -0.133. The molecule has 3 rings (SSSR count). The molecule has 0 N–H and O–H groups in total. The summed E-state index contributed by atoms with van der Waals surface area (Å²) in [6.07, 6.45) is -0.406. The van der Waals surface area contributed by atoms with Crippen molar-refractivity contribution in [1.29, 1.82) is 0 Å². The number of amides is 2. The van der Waals surface area contributed by atoms with E-state index in [1.807, 2.05) is 19.1 Å². The van der Waals surface area contributed by atoms with Crippen LogP contribution in [0.4, 0.5) is 4.79 Å². The number of nitrogens with zero attached hydrogens (tertiary/aromatic N) is 3. The Morgan fingerprint density at radius 2 is 1.51 bits per heavy atom.